The van der Waals surface area contributed by atoms with Crippen molar-refractivity contribution in [2.45, 2.75) is 24.8 Å². The van der Waals surface area contributed by atoms with Crippen LogP contribution in [0.2, 0.25) is 5.02 Å². The summed E-state index contributed by atoms with van der Waals surface area (Å²) in [6.45, 7) is 4.27. The summed E-state index contributed by atoms with van der Waals surface area (Å²) in [6.07, 6.45) is 0. The molecular weight excluding hydrogens is 354 g/mol. The number of hydrogen-bond acceptors (Lipinski definition) is 3. The zero-order valence-corrected chi connectivity index (χ0v) is 14.2. The van der Waals surface area contributed by atoms with E-state index in [1.54, 1.807) is 12.1 Å². The Labute approximate surface area is 127 Å². The molecule has 1 aromatic rings. The number of hydrogen-bond donors (Lipinski definition) is 0. The van der Waals surface area contributed by atoms with E-state index in [9.17, 15) is 8.42 Å². The number of ether oxygens (including phenoxy) is 1. The Bertz CT molecular complexity index is 534. The third-order valence-corrected chi connectivity index (χ3v) is 5.62. The molecule has 0 radical (unpaired) electrons. The molecule has 19 heavy (non-hydrogen) atoms. The van der Waals surface area contributed by atoms with Gasteiger partial charge in [-0.2, -0.15) is 4.31 Å². The molecule has 0 aliphatic rings. The molecule has 0 aromatic heterocycles. The molecule has 0 amide bonds. The Balaban J connectivity index is 3.19. The number of sulfonamides is 1. The molecule has 7 heteroatoms. The summed E-state index contributed by atoms with van der Waals surface area (Å²) in [6, 6.07) is 4.57. The van der Waals surface area contributed by atoms with Gasteiger partial charge in [0.15, 0.2) is 0 Å². The first-order valence-corrected chi connectivity index (χ1v) is 8.37. The lowest BCUT2D eigenvalue weighted by molar-refractivity contribution is 0.171. The van der Waals surface area contributed by atoms with Gasteiger partial charge in [0.25, 0.3) is 0 Å². The van der Waals surface area contributed by atoms with E-state index in [4.69, 9.17) is 16.3 Å². The van der Waals surface area contributed by atoms with Crippen molar-refractivity contribution >= 4 is 37.6 Å². The minimum Gasteiger partial charge on any atom is -0.383 e. The average Bonchev–Trinajstić information content (AvgIpc) is 2.27. The van der Waals surface area contributed by atoms with Gasteiger partial charge in [-0.15, -0.1) is 0 Å². The molecule has 108 valence electrons. The SMILES string of the molecule is COCCN(C(C)C)S(=O)(=O)c1ccc(Br)cc1Cl. The van der Waals surface area contributed by atoms with E-state index in [1.165, 1.54) is 17.5 Å². The van der Waals surface area contributed by atoms with Crippen LogP contribution in [0, 0.1) is 0 Å². The van der Waals surface area contributed by atoms with Crippen molar-refractivity contribution < 1.29 is 13.2 Å². The Morgan fingerprint density at radius 3 is 2.53 bits per heavy atom. The van der Waals surface area contributed by atoms with Crippen LogP contribution in [0.1, 0.15) is 13.8 Å². The molecule has 0 fully saturated rings. The molecule has 0 heterocycles. The van der Waals surface area contributed by atoms with Gasteiger partial charge in [0.05, 0.1) is 11.6 Å². The predicted molar refractivity (Wildman–Crippen MR) is 80.1 cm³/mol. The van der Waals surface area contributed by atoms with Gasteiger partial charge in [-0.1, -0.05) is 27.5 Å². The van der Waals surface area contributed by atoms with Crippen LogP contribution in [0.5, 0.6) is 0 Å². The lowest BCUT2D eigenvalue weighted by Crippen LogP contribution is -2.39. The Kier molecular flexibility index (Phi) is 6.26. The first-order valence-electron chi connectivity index (χ1n) is 5.76. The van der Waals surface area contributed by atoms with E-state index < -0.39 is 10.0 Å². The normalized spacial score (nSPS) is 12.4. The molecule has 0 saturated carbocycles. The summed E-state index contributed by atoms with van der Waals surface area (Å²) in [4.78, 5) is 0.113. The maximum Gasteiger partial charge on any atom is 0.244 e. The molecule has 1 aromatic carbocycles. The van der Waals surface area contributed by atoms with Crippen molar-refractivity contribution in [1.29, 1.82) is 0 Å². The minimum atomic E-state index is -3.62. The average molecular weight is 371 g/mol. The highest BCUT2D eigenvalue weighted by Gasteiger charge is 2.28. The van der Waals surface area contributed by atoms with Crippen LogP contribution in [0.25, 0.3) is 0 Å². The summed E-state index contributed by atoms with van der Waals surface area (Å²) in [7, 11) is -2.08. The van der Waals surface area contributed by atoms with Crippen LogP contribution < -0.4 is 0 Å². The zero-order valence-electron chi connectivity index (χ0n) is 11.1. The molecule has 0 saturated heterocycles. The lowest BCUT2D eigenvalue weighted by Gasteiger charge is -2.26. The summed E-state index contributed by atoms with van der Waals surface area (Å²) in [5, 5.41) is 0.206. The van der Waals surface area contributed by atoms with Crippen LogP contribution in [0.15, 0.2) is 27.6 Å². The van der Waals surface area contributed by atoms with Gasteiger partial charge in [0.2, 0.25) is 10.0 Å². The Morgan fingerprint density at radius 1 is 1.42 bits per heavy atom. The van der Waals surface area contributed by atoms with Crippen LogP contribution in [0.3, 0.4) is 0 Å². The van der Waals surface area contributed by atoms with Crippen molar-refractivity contribution in [3.63, 3.8) is 0 Å². The lowest BCUT2D eigenvalue weighted by atomic mass is 10.4. The van der Waals surface area contributed by atoms with E-state index in [2.05, 4.69) is 15.9 Å². The Hall–Kier alpha value is -0.140. The molecule has 4 nitrogen and oxygen atoms in total. The molecule has 0 spiro atoms. The highest BCUT2D eigenvalue weighted by molar-refractivity contribution is 9.10. The Morgan fingerprint density at radius 2 is 2.05 bits per heavy atom. The predicted octanol–water partition coefficient (Wildman–Crippen LogP) is 3.15. The second-order valence-corrected chi connectivity index (χ2v) is 7.46. The van der Waals surface area contributed by atoms with Crippen LogP contribution in [0.4, 0.5) is 0 Å². The molecule has 1 rings (SSSR count). The fraction of sp³-hybridized carbons (Fsp3) is 0.500. The fourth-order valence-electron chi connectivity index (χ4n) is 1.65. The van der Waals surface area contributed by atoms with Crippen LogP contribution >= 0.6 is 27.5 Å². The quantitative estimate of drug-likeness (QED) is 0.773. The third-order valence-electron chi connectivity index (χ3n) is 2.57. The summed E-state index contributed by atoms with van der Waals surface area (Å²) in [5.41, 5.74) is 0. The van der Waals surface area contributed by atoms with Crippen LogP contribution in [-0.2, 0) is 14.8 Å². The molecule has 0 aliphatic carbocycles. The van der Waals surface area contributed by atoms with E-state index in [1.807, 2.05) is 13.8 Å². The number of nitrogens with zero attached hydrogens (tertiary/aromatic N) is 1. The van der Waals surface area contributed by atoms with E-state index in [0.717, 1.165) is 4.47 Å². The molecular formula is C12H17BrClNO3S. The molecule has 0 atom stereocenters. The highest BCUT2D eigenvalue weighted by Crippen LogP contribution is 2.28. The van der Waals surface area contributed by atoms with Gasteiger partial charge in [0, 0.05) is 24.2 Å². The van der Waals surface area contributed by atoms with E-state index >= 15 is 0 Å². The van der Waals surface area contributed by atoms with Gasteiger partial charge in [-0.05, 0) is 32.0 Å². The topological polar surface area (TPSA) is 46.6 Å². The molecule has 0 unspecified atom stereocenters. The number of halogens is 2. The van der Waals surface area contributed by atoms with Crippen molar-refractivity contribution in [3.05, 3.63) is 27.7 Å². The smallest absolute Gasteiger partial charge is 0.244 e. The standard InChI is InChI=1S/C12H17BrClNO3S/c1-9(2)15(6-7-18-3)19(16,17)12-5-4-10(13)8-11(12)14/h4-5,8-9H,6-7H2,1-3H3. The van der Waals surface area contributed by atoms with Gasteiger partial charge in [-0.25, -0.2) is 8.42 Å². The maximum absolute atomic E-state index is 12.6. The first-order chi connectivity index (χ1) is 8.80. The summed E-state index contributed by atoms with van der Waals surface area (Å²) >= 11 is 9.29. The third kappa shape index (κ3) is 4.16. The monoisotopic (exact) mass is 369 g/mol. The second-order valence-electron chi connectivity index (χ2n) is 4.28. The number of methoxy groups -OCH3 is 1. The molecule has 0 bridgehead atoms. The van der Waals surface area contributed by atoms with Crippen molar-refractivity contribution in [1.82, 2.24) is 4.31 Å². The van der Waals surface area contributed by atoms with Crippen molar-refractivity contribution in [3.8, 4) is 0 Å². The van der Waals surface area contributed by atoms with E-state index in [0.29, 0.717) is 13.2 Å². The largest absolute Gasteiger partial charge is 0.383 e. The van der Waals surface area contributed by atoms with Gasteiger partial charge < -0.3 is 4.74 Å². The number of rotatable bonds is 6. The van der Waals surface area contributed by atoms with Gasteiger partial charge >= 0.3 is 0 Å². The number of benzene rings is 1. The van der Waals surface area contributed by atoms with Crippen LogP contribution in [-0.4, -0.2) is 39.0 Å². The van der Waals surface area contributed by atoms with Crippen molar-refractivity contribution in [2.24, 2.45) is 0 Å². The maximum atomic E-state index is 12.6. The van der Waals surface area contributed by atoms with Crippen molar-refractivity contribution in [2.75, 3.05) is 20.3 Å². The van der Waals surface area contributed by atoms with E-state index in [-0.39, 0.29) is 16.0 Å². The second kappa shape index (κ2) is 7.04. The fourth-order valence-corrected chi connectivity index (χ4v) is 4.28. The summed E-state index contributed by atoms with van der Waals surface area (Å²) in [5.74, 6) is 0. The first kappa shape index (κ1) is 16.9. The molecule has 0 aliphatic heterocycles. The zero-order chi connectivity index (χ0) is 14.6. The summed E-state index contributed by atoms with van der Waals surface area (Å²) < 4.78 is 32.2. The minimum absolute atomic E-state index is 0.113. The van der Waals surface area contributed by atoms with Gasteiger partial charge in [-0.3, -0.25) is 0 Å². The van der Waals surface area contributed by atoms with Gasteiger partial charge in [0.1, 0.15) is 4.90 Å². The highest BCUT2D eigenvalue weighted by atomic mass is 79.9. The molecule has 0 N–H and O–H groups in total.